The van der Waals surface area contributed by atoms with Crippen molar-refractivity contribution >= 4 is 0 Å². The van der Waals surface area contributed by atoms with E-state index in [1.54, 1.807) is 0 Å². The highest BCUT2D eigenvalue weighted by Crippen LogP contribution is 2.37. The molecule has 0 aromatic rings. The highest BCUT2D eigenvalue weighted by molar-refractivity contribution is 5.13. The molecule has 0 aromatic carbocycles. The summed E-state index contributed by atoms with van der Waals surface area (Å²) in [5.74, 6) is 1.16. The Labute approximate surface area is 125 Å². The second-order valence-corrected chi connectivity index (χ2v) is 6.50. The topological polar surface area (TPSA) is 29.3 Å². The monoisotopic (exact) mass is 304 g/mol. The first-order chi connectivity index (χ1) is 9.95. The van der Waals surface area contributed by atoms with E-state index in [2.05, 4.69) is 11.8 Å². The van der Waals surface area contributed by atoms with E-state index >= 15 is 0 Å². The molecule has 2 N–H and O–H groups in total. The molecule has 0 saturated heterocycles. The molecule has 3 atom stereocenters. The van der Waals surface area contributed by atoms with Crippen molar-refractivity contribution in [3.63, 3.8) is 0 Å². The van der Waals surface area contributed by atoms with Gasteiger partial charge in [-0.05, 0) is 37.6 Å². The van der Waals surface area contributed by atoms with Gasteiger partial charge in [0, 0.05) is 24.7 Å². The van der Waals surface area contributed by atoms with E-state index < -0.39 is 6.18 Å². The van der Waals surface area contributed by atoms with E-state index in [0.29, 0.717) is 31.6 Å². The van der Waals surface area contributed by atoms with Crippen molar-refractivity contribution in [2.45, 2.75) is 57.7 Å². The smallest absolute Gasteiger partial charge is 0.330 e. The summed E-state index contributed by atoms with van der Waals surface area (Å²) in [5.41, 5.74) is 5.54. The predicted molar refractivity (Wildman–Crippen MR) is 78.9 cm³/mol. The summed E-state index contributed by atoms with van der Waals surface area (Å²) in [6.07, 6.45) is 3.20. The van der Waals surface area contributed by atoms with E-state index in [1.165, 1.54) is 25.3 Å². The molecule has 2 nitrogen and oxygen atoms in total. The molecule has 0 aromatic heterocycles. The zero-order chi connectivity index (χ0) is 15.5. The molecule has 1 heterocycles. The second kappa shape index (κ2) is 7.14. The van der Waals surface area contributed by atoms with E-state index in [4.69, 9.17) is 5.73 Å². The molecule has 0 spiro atoms. The summed E-state index contributed by atoms with van der Waals surface area (Å²) in [6.45, 7) is 3.79. The molecule has 0 bridgehead atoms. The fourth-order valence-electron chi connectivity index (χ4n) is 3.93. The molecule has 2 aliphatic rings. The number of alkyl halides is 3. The number of hydrogen-bond donors (Lipinski definition) is 1. The third-order valence-corrected chi connectivity index (χ3v) is 5.14. The fraction of sp³-hybridized carbons (Fsp3) is 0.875. The average Bonchev–Trinajstić information content (AvgIpc) is 2.47. The summed E-state index contributed by atoms with van der Waals surface area (Å²) < 4.78 is 38.1. The van der Waals surface area contributed by atoms with Crippen LogP contribution in [-0.4, -0.2) is 36.8 Å². The maximum atomic E-state index is 12.7. The Morgan fingerprint density at radius 3 is 2.62 bits per heavy atom. The lowest BCUT2D eigenvalue weighted by Gasteiger charge is -2.43. The van der Waals surface area contributed by atoms with Crippen molar-refractivity contribution in [3.05, 3.63) is 11.6 Å². The quantitative estimate of drug-likeness (QED) is 0.802. The highest BCUT2D eigenvalue weighted by atomic mass is 19.4. The van der Waals surface area contributed by atoms with Crippen LogP contribution in [0.1, 0.15) is 45.4 Å². The first-order valence-corrected chi connectivity index (χ1v) is 8.16. The summed E-state index contributed by atoms with van der Waals surface area (Å²) in [5, 5.41) is 0. The second-order valence-electron chi connectivity index (χ2n) is 6.50. The van der Waals surface area contributed by atoms with Gasteiger partial charge in [0.2, 0.25) is 0 Å². The lowest BCUT2D eigenvalue weighted by molar-refractivity contribution is -0.0969. The van der Waals surface area contributed by atoms with Crippen LogP contribution in [0.15, 0.2) is 11.6 Å². The van der Waals surface area contributed by atoms with Crippen molar-refractivity contribution in [3.8, 4) is 0 Å². The normalized spacial score (nSPS) is 32.0. The SMILES string of the molecule is CCCC1CCC(CN)C(N2CC=C(C(F)(F)F)CC2)C1. The Morgan fingerprint density at radius 1 is 1.33 bits per heavy atom. The number of rotatable bonds is 4. The Bertz CT molecular complexity index is 365. The van der Waals surface area contributed by atoms with Crippen LogP contribution in [-0.2, 0) is 0 Å². The Kier molecular flexibility index (Phi) is 5.72. The molecule has 3 unspecified atom stereocenters. The van der Waals surface area contributed by atoms with Gasteiger partial charge in [0.15, 0.2) is 0 Å². The van der Waals surface area contributed by atoms with E-state index in [-0.39, 0.29) is 12.0 Å². The van der Waals surface area contributed by atoms with Crippen molar-refractivity contribution in [1.82, 2.24) is 4.90 Å². The van der Waals surface area contributed by atoms with Crippen LogP contribution in [0.3, 0.4) is 0 Å². The predicted octanol–water partition coefficient (Wildman–Crippen LogP) is 3.72. The zero-order valence-electron chi connectivity index (χ0n) is 12.8. The van der Waals surface area contributed by atoms with Crippen LogP contribution >= 0.6 is 0 Å². The van der Waals surface area contributed by atoms with Crippen LogP contribution in [0, 0.1) is 11.8 Å². The van der Waals surface area contributed by atoms with E-state index in [1.807, 2.05) is 0 Å². The van der Waals surface area contributed by atoms with E-state index in [9.17, 15) is 13.2 Å². The van der Waals surface area contributed by atoms with Crippen molar-refractivity contribution in [1.29, 1.82) is 0 Å². The molecule has 1 aliphatic carbocycles. The molecular formula is C16H27F3N2. The van der Waals surface area contributed by atoms with Crippen molar-refractivity contribution in [2.24, 2.45) is 17.6 Å². The van der Waals surface area contributed by atoms with Gasteiger partial charge in [-0.15, -0.1) is 0 Å². The molecule has 0 amide bonds. The summed E-state index contributed by atoms with van der Waals surface area (Å²) >= 11 is 0. The minimum absolute atomic E-state index is 0.121. The third kappa shape index (κ3) is 4.22. The van der Waals surface area contributed by atoms with Gasteiger partial charge in [-0.1, -0.05) is 32.3 Å². The molecular weight excluding hydrogens is 277 g/mol. The molecule has 122 valence electrons. The van der Waals surface area contributed by atoms with Crippen LogP contribution in [0.4, 0.5) is 13.2 Å². The number of halogens is 3. The maximum Gasteiger partial charge on any atom is 0.412 e. The lowest BCUT2D eigenvalue weighted by atomic mass is 9.75. The van der Waals surface area contributed by atoms with Gasteiger partial charge in [0.1, 0.15) is 0 Å². The maximum absolute atomic E-state index is 12.7. The Hall–Kier alpha value is -0.550. The lowest BCUT2D eigenvalue weighted by Crippen LogP contribution is -2.48. The van der Waals surface area contributed by atoms with Crippen LogP contribution in [0.2, 0.25) is 0 Å². The molecule has 1 saturated carbocycles. The number of hydrogen-bond acceptors (Lipinski definition) is 2. The fourth-order valence-corrected chi connectivity index (χ4v) is 3.93. The minimum Gasteiger partial charge on any atom is -0.330 e. The molecule has 2 rings (SSSR count). The van der Waals surface area contributed by atoms with Crippen molar-refractivity contribution < 1.29 is 13.2 Å². The van der Waals surface area contributed by atoms with Crippen LogP contribution in [0.5, 0.6) is 0 Å². The molecule has 21 heavy (non-hydrogen) atoms. The highest BCUT2D eigenvalue weighted by Gasteiger charge is 2.38. The van der Waals surface area contributed by atoms with Gasteiger partial charge < -0.3 is 5.73 Å². The minimum atomic E-state index is -4.16. The first kappa shape index (κ1) is 16.8. The first-order valence-electron chi connectivity index (χ1n) is 8.16. The summed E-state index contributed by atoms with van der Waals surface area (Å²) in [6, 6.07) is 0.367. The van der Waals surface area contributed by atoms with Gasteiger partial charge in [0.05, 0.1) is 0 Å². The van der Waals surface area contributed by atoms with Crippen LogP contribution < -0.4 is 5.73 Å². The van der Waals surface area contributed by atoms with Gasteiger partial charge in [-0.25, -0.2) is 0 Å². The van der Waals surface area contributed by atoms with E-state index in [0.717, 1.165) is 18.8 Å². The van der Waals surface area contributed by atoms with Gasteiger partial charge in [-0.3, -0.25) is 4.90 Å². The van der Waals surface area contributed by atoms with Crippen molar-refractivity contribution in [2.75, 3.05) is 19.6 Å². The Balaban J connectivity index is 2.00. The Morgan fingerprint density at radius 2 is 2.10 bits per heavy atom. The van der Waals surface area contributed by atoms with Gasteiger partial charge in [-0.2, -0.15) is 13.2 Å². The summed E-state index contributed by atoms with van der Waals surface area (Å²) in [7, 11) is 0. The average molecular weight is 304 g/mol. The van der Waals surface area contributed by atoms with Gasteiger partial charge >= 0.3 is 6.18 Å². The molecule has 5 heteroatoms. The molecule has 1 fully saturated rings. The molecule has 0 radical (unpaired) electrons. The largest absolute Gasteiger partial charge is 0.412 e. The number of nitrogens with two attached hydrogens (primary N) is 1. The number of nitrogens with zero attached hydrogens (tertiary/aromatic N) is 1. The zero-order valence-corrected chi connectivity index (χ0v) is 12.8. The van der Waals surface area contributed by atoms with Gasteiger partial charge in [0.25, 0.3) is 0 Å². The standard InChI is InChI=1S/C16H27F3N2/c1-2-3-12-4-5-13(11-20)15(10-12)21-8-6-14(7-9-21)16(17,18)19/h6,12-13,15H,2-5,7-11,20H2,1H3. The molecule has 1 aliphatic heterocycles. The van der Waals surface area contributed by atoms with Crippen LogP contribution in [0.25, 0.3) is 0 Å². The summed E-state index contributed by atoms with van der Waals surface area (Å²) in [4.78, 5) is 2.23. The third-order valence-electron chi connectivity index (χ3n) is 5.14.